The van der Waals surface area contributed by atoms with E-state index in [0.717, 1.165) is 33.5 Å². The van der Waals surface area contributed by atoms with Gasteiger partial charge < -0.3 is 0 Å². The van der Waals surface area contributed by atoms with Crippen LogP contribution in [0.3, 0.4) is 0 Å². The molecule has 8 rings (SSSR count). The number of aromatic nitrogens is 2. The van der Waals surface area contributed by atoms with Crippen LogP contribution in [0.15, 0.2) is 143 Å². The number of hydrogen-bond donors (Lipinski definition) is 0. The molecule has 0 saturated carbocycles. The second-order valence-corrected chi connectivity index (χ2v) is 12.5. The highest BCUT2D eigenvalue weighted by atomic mass is 32.2. The summed E-state index contributed by atoms with van der Waals surface area (Å²) >= 11 is 1.87. The molecule has 3 heteroatoms. The Kier molecular flexibility index (Phi) is 5.77. The summed E-state index contributed by atoms with van der Waals surface area (Å²) < 4.78 is 0. The molecule has 0 spiro atoms. The van der Waals surface area contributed by atoms with E-state index in [1.165, 1.54) is 42.8 Å². The highest BCUT2D eigenvalue weighted by molar-refractivity contribution is 7.99. The molecule has 42 heavy (non-hydrogen) atoms. The highest BCUT2D eigenvalue weighted by Gasteiger charge is 2.35. The van der Waals surface area contributed by atoms with E-state index in [1.54, 1.807) is 0 Å². The molecule has 1 aliphatic rings. The van der Waals surface area contributed by atoms with Crippen LogP contribution in [-0.4, -0.2) is 9.97 Å². The summed E-state index contributed by atoms with van der Waals surface area (Å²) in [7, 11) is 0. The van der Waals surface area contributed by atoms with E-state index in [-0.39, 0.29) is 5.41 Å². The van der Waals surface area contributed by atoms with E-state index in [0.29, 0.717) is 0 Å². The summed E-state index contributed by atoms with van der Waals surface area (Å²) in [5, 5.41) is 3.46. The van der Waals surface area contributed by atoms with Crippen molar-refractivity contribution in [3.05, 3.63) is 145 Å². The first kappa shape index (κ1) is 25.0. The van der Waals surface area contributed by atoms with Crippen LogP contribution in [0, 0.1) is 0 Å². The van der Waals surface area contributed by atoms with E-state index >= 15 is 0 Å². The Hall–Kier alpha value is -4.73. The van der Waals surface area contributed by atoms with Gasteiger partial charge in [0.1, 0.15) is 0 Å². The minimum Gasteiger partial charge on any atom is -0.228 e. The molecular weight excluding hydrogens is 529 g/mol. The van der Waals surface area contributed by atoms with Crippen LogP contribution in [0.25, 0.3) is 55.4 Å². The van der Waals surface area contributed by atoms with Gasteiger partial charge in [0.15, 0.2) is 5.82 Å². The molecule has 0 N–H and O–H groups in total. The molecule has 0 atom stereocenters. The Labute approximate surface area is 250 Å². The number of hydrogen-bond acceptors (Lipinski definition) is 3. The van der Waals surface area contributed by atoms with Crippen molar-refractivity contribution < 1.29 is 0 Å². The summed E-state index contributed by atoms with van der Waals surface area (Å²) in [5.41, 5.74) is 9.21. The molecule has 7 aromatic rings. The molecule has 0 fully saturated rings. The zero-order valence-electron chi connectivity index (χ0n) is 23.5. The first-order chi connectivity index (χ1) is 20.6. The van der Waals surface area contributed by atoms with E-state index < -0.39 is 0 Å². The number of rotatable bonds is 3. The number of para-hydroxylation sites is 1. The van der Waals surface area contributed by atoms with Crippen molar-refractivity contribution >= 4 is 33.4 Å². The monoisotopic (exact) mass is 556 g/mol. The van der Waals surface area contributed by atoms with E-state index in [9.17, 15) is 0 Å². The molecular formula is C39H28N2S. The number of nitrogens with zero attached hydrogens (tertiary/aromatic N) is 2. The lowest BCUT2D eigenvalue weighted by molar-refractivity contribution is 0.609. The smallest absolute Gasteiger partial charge is 0.160 e. The summed E-state index contributed by atoms with van der Waals surface area (Å²) in [6.07, 6.45) is 0. The van der Waals surface area contributed by atoms with Gasteiger partial charge in [-0.25, -0.2) is 9.97 Å². The number of benzene rings is 6. The SMILES string of the molecule is CC1(C)c2ccccc2Sc2cccc(-c3ccc(-c4nc(-c5cccc6ccccc56)c5ccccc5n4)cc3)c21. The van der Waals surface area contributed by atoms with Crippen molar-refractivity contribution in [2.75, 3.05) is 0 Å². The Morgan fingerprint density at radius 2 is 1.17 bits per heavy atom. The Morgan fingerprint density at radius 3 is 2.05 bits per heavy atom. The Morgan fingerprint density at radius 1 is 0.524 bits per heavy atom. The first-order valence-corrected chi connectivity index (χ1v) is 15.2. The molecule has 0 amide bonds. The van der Waals surface area contributed by atoms with Crippen LogP contribution < -0.4 is 0 Å². The second kappa shape index (κ2) is 9.68. The van der Waals surface area contributed by atoms with Gasteiger partial charge in [-0.2, -0.15) is 0 Å². The minimum absolute atomic E-state index is 0.0960. The molecule has 6 aromatic carbocycles. The summed E-state index contributed by atoms with van der Waals surface area (Å²) in [5.74, 6) is 0.739. The van der Waals surface area contributed by atoms with Crippen LogP contribution >= 0.6 is 11.8 Å². The van der Waals surface area contributed by atoms with Crippen molar-refractivity contribution in [1.82, 2.24) is 9.97 Å². The average Bonchev–Trinajstić information content (AvgIpc) is 3.04. The molecule has 2 heterocycles. The predicted molar refractivity (Wildman–Crippen MR) is 176 cm³/mol. The highest BCUT2D eigenvalue weighted by Crippen LogP contribution is 2.52. The third kappa shape index (κ3) is 3.96. The maximum Gasteiger partial charge on any atom is 0.160 e. The van der Waals surface area contributed by atoms with Gasteiger partial charge in [-0.3, -0.25) is 0 Å². The quantitative estimate of drug-likeness (QED) is 0.216. The fourth-order valence-electron chi connectivity index (χ4n) is 6.47. The van der Waals surface area contributed by atoms with Crippen molar-refractivity contribution in [2.45, 2.75) is 29.1 Å². The zero-order valence-corrected chi connectivity index (χ0v) is 24.3. The maximum atomic E-state index is 5.20. The third-order valence-electron chi connectivity index (χ3n) is 8.53. The van der Waals surface area contributed by atoms with Gasteiger partial charge in [0.25, 0.3) is 0 Å². The van der Waals surface area contributed by atoms with Crippen LogP contribution in [0.5, 0.6) is 0 Å². The Bertz CT molecular complexity index is 2140. The van der Waals surface area contributed by atoms with Crippen molar-refractivity contribution in [3.63, 3.8) is 0 Å². The zero-order chi connectivity index (χ0) is 28.3. The number of fused-ring (bicyclic) bond motifs is 4. The van der Waals surface area contributed by atoms with Crippen molar-refractivity contribution in [1.29, 1.82) is 0 Å². The molecule has 0 unspecified atom stereocenters. The molecule has 0 aliphatic carbocycles. The van der Waals surface area contributed by atoms with Gasteiger partial charge in [0, 0.05) is 31.7 Å². The average molecular weight is 557 g/mol. The van der Waals surface area contributed by atoms with E-state index in [2.05, 4.69) is 141 Å². The molecule has 0 radical (unpaired) electrons. The van der Waals surface area contributed by atoms with Gasteiger partial charge in [0.05, 0.1) is 11.2 Å². The van der Waals surface area contributed by atoms with Crippen LogP contribution in [-0.2, 0) is 5.41 Å². The molecule has 1 aromatic heterocycles. The van der Waals surface area contributed by atoms with Crippen LogP contribution in [0.4, 0.5) is 0 Å². The standard InChI is InChI=1S/C39H28N2S/c1-39(2)32-17-6-8-19-34(32)42-35-20-10-15-29(36(35)39)26-21-23-27(24-22-26)38-40-33-18-7-5-14-31(33)37(41-38)30-16-9-12-25-11-3-4-13-28(25)30/h3-24H,1-2H3. The van der Waals surface area contributed by atoms with Gasteiger partial charge in [-0.15, -0.1) is 0 Å². The van der Waals surface area contributed by atoms with Gasteiger partial charge in [-0.05, 0) is 51.2 Å². The fourth-order valence-corrected chi connectivity index (χ4v) is 7.90. The van der Waals surface area contributed by atoms with Crippen LogP contribution in [0.1, 0.15) is 25.0 Å². The minimum atomic E-state index is -0.0960. The topological polar surface area (TPSA) is 25.8 Å². The first-order valence-electron chi connectivity index (χ1n) is 14.3. The summed E-state index contributed by atoms with van der Waals surface area (Å²) in [6, 6.07) is 47.5. The molecule has 0 saturated heterocycles. The summed E-state index contributed by atoms with van der Waals surface area (Å²) in [4.78, 5) is 12.9. The normalized spacial score (nSPS) is 13.6. The largest absolute Gasteiger partial charge is 0.228 e. The third-order valence-corrected chi connectivity index (χ3v) is 9.67. The lowest BCUT2D eigenvalue weighted by Crippen LogP contribution is -2.24. The predicted octanol–water partition coefficient (Wildman–Crippen LogP) is 10.6. The van der Waals surface area contributed by atoms with Crippen molar-refractivity contribution in [2.24, 2.45) is 0 Å². The molecule has 0 bridgehead atoms. The van der Waals surface area contributed by atoms with Gasteiger partial charge in [-0.1, -0.05) is 141 Å². The van der Waals surface area contributed by atoms with E-state index in [4.69, 9.17) is 9.97 Å². The molecule has 200 valence electrons. The van der Waals surface area contributed by atoms with Crippen LogP contribution in [0.2, 0.25) is 0 Å². The van der Waals surface area contributed by atoms with Gasteiger partial charge in [0.2, 0.25) is 0 Å². The molecule has 2 nitrogen and oxygen atoms in total. The van der Waals surface area contributed by atoms with Gasteiger partial charge >= 0.3 is 0 Å². The van der Waals surface area contributed by atoms with Crippen molar-refractivity contribution in [3.8, 4) is 33.8 Å². The lowest BCUT2D eigenvalue weighted by atomic mass is 9.74. The fraction of sp³-hybridized carbons (Fsp3) is 0.0769. The second-order valence-electron chi connectivity index (χ2n) is 11.4. The Balaban J connectivity index is 1.25. The van der Waals surface area contributed by atoms with E-state index in [1.807, 2.05) is 17.8 Å². The summed E-state index contributed by atoms with van der Waals surface area (Å²) in [6.45, 7) is 4.69. The lowest BCUT2D eigenvalue weighted by Gasteiger charge is -2.36. The molecule has 1 aliphatic heterocycles. The maximum absolute atomic E-state index is 5.20.